The Morgan fingerprint density at radius 1 is 0.967 bits per heavy atom. The summed E-state index contributed by atoms with van der Waals surface area (Å²) in [5.41, 5.74) is 2.35. The predicted molar refractivity (Wildman–Crippen MR) is 125 cm³/mol. The molecule has 0 fully saturated rings. The highest BCUT2D eigenvalue weighted by Gasteiger charge is 2.15. The molecule has 0 aliphatic heterocycles. The molecule has 0 aromatic heterocycles. The van der Waals surface area contributed by atoms with E-state index in [0.717, 1.165) is 10.0 Å². The predicted octanol–water partition coefficient (Wildman–Crippen LogP) is 8.14. The summed E-state index contributed by atoms with van der Waals surface area (Å²) in [6, 6.07) is 13.6. The van der Waals surface area contributed by atoms with E-state index in [1.54, 1.807) is 30.3 Å². The van der Waals surface area contributed by atoms with E-state index in [0.29, 0.717) is 45.9 Å². The summed E-state index contributed by atoms with van der Waals surface area (Å²) in [5, 5.41) is 4.36. The smallest absolute Gasteiger partial charge is 0.175 e. The van der Waals surface area contributed by atoms with Gasteiger partial charge in [-0.1, -0.05) is 40.9 Å². The van der Waals surface area contributed by atoms with Gasteiger partial charge in [-0.25, -0.2) is 4.39 Å². The number of hydrogen-bond acceptors (Lipinski definition) is 3. The third-order valence-electron chi connectivity index (χ3n) is 4.21. The number of hydrogen-bond donors (Lipinski definition) is 1. The van der Waals surface area contributed by atoms with Crippen LogP contribution in [0.15, 0.2) is 53.0 Å². The average Bonchev–Trinajstić information content (AvgIpc) is 2.70. The molecule has 3 nitrogen and oxygen atoms in total. The van der Waals surface area contributed by atoms with Gasteiger partial charge in [-0.15, -0.1) is 0 Å². The van der Waals surface area contributed by atoms with Crippen molar-refractivity contribution in [3.8, 4) is 11.5 Å². The molecular weight excluding hydrogens is 516 g/mol. The van der Waals surface area contributed by atoms with Crippen LogP contribution in [0.1, 0.15) is 18.1 Å². The summed E-state index contributed by atoms with van der Waals surface area (Å²) in [7, 11) is 0. The van der Waals surface area contributed by atoms with Crippen LogP contribution in [-0.2, 0) is 13.2 Å². The molecule has 0 amide bonds. The Hall–Kier alpha value is -1.66. The Morgan fingerprint density at radius 3 is 2.37 bits per heavy atom. The first-order valence-electron chi connectivity index (χ1n) is 9.09. The highest BCUT2D eigenvalue weighted by Crippen LogP contribution is 2.38. The van der Waals surface area contributed by atoms with Crippen LogP contribution in [0.2, 0.25) is 15.1 Å². The molecule has 0 heterocycles. The number of nitrogens with one attached hydrogen (secondary N) is 1. The van der Waals surface area contributed by atoms with Gasteiger partial charge < -0.3 is 14.8 Å². The zero-order valence-electron chi connectivity index (χ0n) is 15.9. The minimum absolute atomic E-state index is 0.0677. The number of rotatable bonds is 8. The van der Waals surface area contributed by atoms with E-state index in [-0.39, 0.29) is 11.6 Å². The molecule has 0 saturated heterocycles. The fraction of sp³-hybridized carbons (Fsp3) is 0.182. The van der Waals surface area contributed by atoms with Gasteiger partial charge in [-0.3, -0.25) is 0 Å². The van der Waals surface area contributed by atoms with Crippen molar-refractivity contribution in [2.45, 2.75) is 20.1 Å². The molecule has 0 radical (unpaired) electrons. The van der Waals surface area contributed by atoms with E-state index >= 15 is 0 Å². The van der Waals surface area contributed by atoms with Crippen LogP contribution >= 0.6 is 50.7 Å². The fourth-order valence-electron chi connectivity index (χ4n) is 2.75. The first-order chi connectivity index (χ1) is 14.4. The van der Waals surface area contributed by atoms with Crippen LogP contribution < -0.4 is 14.8 Å². The van der Waals surface area contributed by atoms with Crippen LogP contribution in [0.5, 0.6) is 11.5 Å². The van der Waals surface area contributed by atoms with E-state index in [9.17, 15) is 4.39 Å². The highest BCUT2D eigenvalue weighted by atomic mass is 79.9. The van der Waals surface area contributed by atoms with Gasteiger partial charge in [0.2, 0.25) is 0 Å². The minimum Gasteiger partial charge on any atom is -0.490 e. The normalized spacial score (nSPS) is 10.7. The molecule has 3 aromatic rings. The summed E-state index contributed by atoms with van der Waals surface area (Å²) >= 11 is 21.9. The SMILES string of the molecule is CCOc1cc(CNc2ccc(F)c(Cl)c2)cc(Br)c1OCc1c(Cl)cccc1Cl. The van der Waals surface area contributed by atoms with Crippen molar-refractivity contribution in [2.75, 3.05) is 11.9 Å². The van der Waals surface area contributed by atoms with Crippen LogP contribution in [0.25, 0.3) is 0 Å². The maximum absolute atomic E-state index is 13.3. The topological polar surface area (TPSA) is 30.5 Å². The Kier molecular flexibility index (Phi) is 8.12. The molecule has 0 aliphatic rings. The van der Waals surface area contributed by atoms with E-state index in [4.69, 9.17) is 44.3 Å². The summed E-state index contributed by atoms with van der Waals surface area (Å²) in [5.74, 6) is 0.689. The van der Waals surface area contributed by atoms with Crippen molar-refractivity contribution in [1.82, 2.24) is 0 Å². The quantitative estimate of drug-likeness (QED) is 0.317. The van der Waals surface area contributed by atoms with Gasteiger partial charge in [-0.05, 0) is 70.9 Å². The van der Waals surface area contributed by atoms with Gasteiger partial charge in [0.15, 0.2) is 11.5 Å². The van der Waals surface area contributed by atoms with Crippen molar-refractivity contribution in [3.05, 3.63) is 85.0 Å². The van der Waals surface area contributed by atoms with E-state index in [1.165, 1.54) is 6.07 Å². The number of benzene rings is 3. The van der Waals surface area contributed by atoms with E-state index in [2.05, 4.69) is 21.2 Å². The summed E-state index contributed by atoms with van der Waals surface area (Å²) in [6.07, 6.45) is 0. The van der Waals surface area contributed by atoms with Crippen molar-refractivity contribution in [1.29, 1.82) is 0 Å². The monoisotopic (exact) mass is 531 g/mol. The lowest BCUT2D eigenvalue weighted by atomic mass is 10.2. The van der Waals surface area contributed by atoms with Gasteiger partial charge in [0.25, 0.3) is 0 Å². The summed E-state index contributed by atoms with van der Waals surface area (Å²) < 4.78 is 25.8. The molecule has 0 spiro atoms. The summed E-state index contributed by atoms with van der Waals surface area (Å²) in [6.45, 7) is 3.05. The number of anilines is 1. The second kappa shape index (κ2) is 10.6. The van der Waals surface area contributed by atoms with Crippen molar-refractivity contribution in [3.63, 3.8) is 0 Å². The molecule has 3 rings (SSSR count). The second-order valence-electron chi connectivity index (χ2n) is 6.31. The lowest BCUT2D eigenvalue weighted by Crippen LogP contribution is -2.04. The molecule has 0 unspecified atom stereocenters. The molecule has 3 aromatic carbocycles. The van der Waals surface area contributed by atoms with E-state index < -0.39 is 5.82 Å². The Bertz CT molecular complexity index is 1030. The van der Waals surface area contributed by atoms with Crippen molar-refractivity contribution >= 4 is 56.4 Å². The van der Waals surface area contributed by atoms with Crippen molar-refractivity contribution < 1.29 is 13.9 Å². The molecule has 0 saturated carbocycles. The van der Waals surface area contributed by atoms with Gasteiger partial charge in [-0.2, -0.15) is 0 Å². The maximum atomic E-state index is 13.3. The molecular formula is C22H18BrCl3FNO2. The minimum atomic E-state index is -0.455. The third-order valence-corrected chi connectivity index (χ3v) is 5.79. The molecule has 0 aliphatic carbocycles. The van der Waals surface area contributed by atoms with Gasteiger partial charge >= 0.3 is 0 Å². The van der Waals surface area contributed by atoms with Crippen LogP contribution in [0, 0.1) is 5.82 Å². The zero-order chi connectivity index (χ0) is 21.7. The lowest BCUT2D eigenvalue weighted by molar-refractivity contribution is 0.267. The molecule has 158 valence electrons. The highest BCUT2D eigenvalue weighted by molar-refractivity contribution is 9.10. The number of halogens is 5. The first-order valence-corrected chi connectivity index (χ1v) is 11.0. The van der Waals surface area contributed by atoms with Crippen molar-refractivity contribution in [2.24, 2.45) is 0 Å². The Labute approximate surface area is 198 Å². The number of ether oxygens (including phenoxy) is 2. The first kappa shape index (κ1) is 23.0. The second-order valence-corrected chi connectivity index (χ2v) is 8.39. The summed E-state index contributed by atoms with van der Waals surface area (Å²) in [4.78, 5) is 0. The van der Waals surface area contributed by atoms with Gasteiger partial charge in [0, 0.05) is 27.8 Å². The van der Waals surface area contributed by atoms with Gasteiger partial charge in [0.1, 0.15) is 12.4 Å². The molecule has 1 N–H and O–H groups in total. The standard InChI is InChI=1S/C22H18BrCl3FNO2/c1-2-29-21-9-13(11-28-14-6-7-20(27)19(26)10-14)8-16(23)22(21)30-12-15-17(24)4-3-5-18(15)25/h3-10,28H,2,11-12H2,1H3. The lowest BCUT2D eigenvalue weighted by Gasteiger charge is -2.17. The van der Waals surface area contributed by atoms with Gasteiger partial charge in [0.05, 0.1) is 16.1 Å². The molecule has 0 bridgehead atoms. The molecule has 30 heavy (non-hydrogen) atoms. The zero-order valence-corrected chi connectivity index (χ0v) is 19.8. The fourth-order valence-corrected chi connectivity index (χ4v) is 4.04. The largest absolute Gasteiger partial charge is 0.490 e. The maximum Gasteiger partial charge on any atom is 0.175 e. The Morgan fingerprint density at radius 2 is 1.70 bits per heavy atom. The van der Waals surface area contributed by atoms with E-state index in [1.807, 2.05) is 19.1 Å². The average molecular weight is 534 g/mol. The van der Waals surface area contributed by atoms with Crippen LogP contribution in [0.3, 0.4) is 0 Å². The molecule has 8 heteroatoms. The van der Waals surface area contributed by atoms with Crippen LogP contribution in [-0.4, -0.2) is 6.61 Å². The molecule has 0 atom stereocenters. The Balaban J connectivity index is 1.78. The van der Waals surface area contributed by atoms with Crippen LogP contribution in [0.4, 0.5) is 10.1 Å². The third kappa shape index (κ3) is 5.73.